The number of nitrogens with one attached hydrogen (secondary N) is 2. The smallest absolute Gasteiger partial charge is 0.387 e. The number of alkyl halides is 2. The molecule has 8 heteroatoms. The molecule has 0 saturated carbocycles. The Hall–Kier alpha value is -1.93. The van der Waals surface area contributed by atoms with Crippen molar-refractivity contribution < 1.29 is 18.6 Å². The van der Waals surface area contributed by atoms with E-state index in [4.69, 9.17) is 0 Å². The standard InChI is InChI=1S/C21H34F2N4O2/c1-4-24-21(25-12-17-6-5-11-27(17)14-15(2)3)26-13-19(28)16-7-9-18(10-8-16)29-20(22)23/h7-10,15,17,19-20,28H,4-6,11-14H2,1-3H3,(H2,24,25,26)/t17-,19?/m1/s1. The second kappa shape index (κ2) is 11.9. The zero-order chi connectivity index (χ0) is 21.2. The van der Waals surface area contributed by atoms with Crippen LogP contribution in [0.15, 0.2) is 29.3 Å². The molecule has 0 aliphatic carbocycles. The van der Waals surface area contributed by atoms with Crippen LogP contribution < -0.4 is 15.4 Å². The molecule has 1 aliphatic heterocycles. The van der Waals surface area contributed by atoms with E-state index in [1.165, 1.54) is 25.0 Å². The highest BCUT2D eigenvalue weighted by molar-refractivity contribution is 5.79. The molecule has 1 fully saturated rings. The van der Waals surface area contributed by atoms with E-state index in [9.17, 15) is 13.9 Å². The third-order valence-electron chi connectivity index (χ3n) is 4.86. The molecule has 0 radical (unpaired) electrons. The van der Waals surface area contributed by atoms with E-state index in [1.807, 2.05) is 6.92 Å². The zero-order valence-corrected chi connectivity index (χ0v) is 17.6. The lowest BCUT2D eigenvalue weighted by molar-refractivity contribution is -0.0498. The number of aliphatic hydroxyl groups is 1. The number of nitrogens with zero attached hydrogens (tertiary/aromatic N) is 2. The highest BCUT2D eigenvalue weighted by Crippen LogP contribution is 2.20. The third-order valence-corrected chi connectivity index (χ3v) is 4.86. The van der Waals surface area contributed by atoms with E-state index in [0.29, 0.717) is 23.5 Å². The van der Waals surface area contributed by atoms with Gasteiger partial charge < -0.3 is 20.5 Å². The minimum absolute atomic E-state index is 0.0666. The van der Waals surface area contributed by atoms with Gasteiger partial charge in [-0.15, -0.1) is 0 Å². The quantitative estimate of drug-likeness (QED) is 0.407. The van der Waals surface area contributed by atoms with Crippen molar-refractivity contribution >= 4 is 5.96 Å². The van der Waals surface area contributed by atoms with Crippen molar-refractivity contribution in [3.63, 3.8) is 0 Å². The zero-order valence-electron chi connectivity index (χ0n) is 17.6. The van der Waals surface area contributed by atoms with Crippen molar-refractivity contribution in [2.45, 2.75) is 52.4 Å². The molecule has 2 atom stereocenters. The van der Waals surface area contributed by atoms with Crippen LogP contribution in [-0.2, 0) is 0 Å². The SMILES string of the molecule is CCNC(=NCC(O)c1ccc(OC(F)F)cc1)NC[C@H]1CCCN1CC(C)C. The molecule has 1 saturated heterocycles. The van der Waals surface area contributed by atoms with E-state index >= 15 is 0 Å². The van der Waals surface area contributed by atoms with Crippen LogP contribution in [0.1, 0.15) is 45.3 Å². The third kappa shape index (κ3) is 8.14. The van der Waals surface area contributed by atoms with Crippen molar-refractivity contribution in [2.75, 3.05) is 32.7 Å². The van der Waals surface area contributed by atoms with Crippen molar-refractivity contribution in [1.29, 1.82) is 0 Å². The lowest BCUT2D eigenvalue weighted by Gasteiger charge is -2.27. The molecule has 1 heterocycles. The summed E-state index contributed by atoms with van der Waals surface area (Å²) in [4.78, 5) is 7.01. The predicted octanol–water partition coefficient (Wildman–Crippen LogP) is 3.00. The first-order chi connectivity index (χ1) is 13.9. The number of guanidine groups is 1. The summed E-state index contributed by atoms with van der Waals surface area (Å²) in [6.07, 6.45) is 1.57. The summed E-state index contributed by atoms with van der Waals surface area (Å²) in [6, 6.07) is 6.47. The molecule has 0 amide bonds. The fourth-order valence-corrected chi connectivity index (χ4v) is 3.55. The molecular weight excluding hydrogens is 378 g/mol. The van der Waals surface area contributed by atoms with Crippen LogP contribution in [0.5, 0.6) is 5.75 Å². The van der Waals surface area contributed by atoms with E-state index in [2.05, 4.69) is 39.1 Å². The maximum atomic E-state index is 12.2. The lowest BCUT2D eigenvalue weighted by atomic mass is 10.1. The molecule has 1 aromatic rings. The summed E-state index contributed by atoms with van der Waals surface area (Å²) in [6.45, 7) is 7.56. The van der Waals surface area contributed by atoms with Gasteiger partial charge in [-0.25, -0.2) is 0 Å². The van der Waals surface area contributed by atoms with E-state index in [-0.39, 0.29) is 12.3 Å². The molecule has 1 unspecified atom stereocenters. The first-order valence-corrected chi connectivity index (χ1v) is 10.4. The Morgan fingerprint density at radius 2 is 2.00 bits per heavy atom. The van der Waals surface area contributed by atoms with Gasteiger partial charge in [-0.05, 0) is 49.9 Å². The number of aliphatic hydroxyl groups excluding tert-OH is 1. The number of hydrogen-bond donors (Lipinski definition) is 3. The van der Waals surface area contributed by atoms with Crippen LogP contribution in [-0.4, -0.2) is 61.3 Å². The fourth-order valence-electron chi connectivity index (χ4n) is 3.55. The van der Waals surface area contributed by atoms with Crippen LogP contribution in [0.4, 0.5) is 8.78 Å². The van der Waals surface area contributed by atoms with E-state index < -0.39 is 12.7 Å². The minimum Gasteiger partial charge on any atom is -0.435 e. The van der Waals surface area contributed by atoms with E-state index in [1.54, 1.807) is 12.1 Å². The Morgan fingerprint density at radius 3 is 2.62 bits per heavy atom. The van der Waals surface area contributed by atoms with Crippen LogP contribution in [0.2, 0.25) is 0 Å². The molecular formula is C21H34F2N4O2. The summed E-state index contributed by atoms with van der Waals surface area (Å²) in [7, 11) is 0. The summed E-state index contributed by atoms with van der Waals surface area (Å²) in [5.41, 5.74) is 0.602. The topological polar surface area (TPSA) is 69.1 Å². The Balaban J connectivity index is 1.89. The summed E-state index contributed by atoms with van der Waals surface area (Å²) in [5, 5.41) is 17.0. The number of ether oxygens (including phenoxy) is 1. The number of halogens is 2. The van der Waals surface area contributed by atoms with Gasteiger partial charge in [0.1, 0.15) is 5.75 Å². The molecule has 3 N–H and O–H groups in total. The van der Waals surface area contributed by atoms with Gasteiger partial charge in [0.05, 0.1) is 12.6 Å². The van der Waals surface area contributed by atoms with Gasteiger partial charge in [0.15, 0.2) is 5.96 Å². The normalized spacial score (nSPS) is 19.0. The number of rotatable bonds is 10. The second-order valence-corrected chi connectivity index (χ2v) is 7.75. The minimum atomic E-state index is -2.86. The van der Waals surface area contributed by atoms with Gasteiger partial charge in [0.2, 0.25) is 0 Å². The van der Waals surface area contributed by atoms with Gasteiger partial charge in [-0.3, -0.25) is 9.89 Å². The van der Waals surface area contributed by atoms with E-state index in [0.717, 1.165) is 26.2 Å². The molecule has 2 rings (SSSR count). The summed E-state index contributed by atoms with van der Waals surface area (Å²) < 4.78 is 28.8. The Morgan fingerprint density at radius 1 is 1.28 bits per heavy atom. The largest absolute Gasteiger partial charge is 0.435 e. The summed E-state index contributed by atoms with van der Waals surface area (Å²) >= 11 is 0. The maximum Gasteiger partial charge on any atom is 0.387 e. The second-order valence-electron chi connectivity index (χ2n) is 7.75. The number of aliphatic imine (C=N–C) groups is 1. The van der Waals surface area contributed by atoms with Crippen molar-refractivity contribution in [2.24, 2.45) is 10.9 Å². The van der Waals surface area contributed by atoms with Crippen molar-refractivity contribution in [3.05, 3.63) is 29.8 Å². The summed E-state index contributed by atoms with van der Waals surface area (Å²) in [5.74, 6) is 1.38. The number of hydrogen-bond acceptors (Lipinski definition) is 4. The van der Waals surface area contributed by atoms with Crippen LogP contribution in [0.25, 0.3) is 0 Å². The van der Waals surface area contributed by atoms with Gasteiger partial charge in [0, 0.05) is 25.7 Å². The molecule has 1 aliphatic rings. The maximum absolute atomic E-state index is 12.2. The molecule has 6 nitrogen and oxygen atoms in total. The molecule has 29 heavy (non-hydrogen) atoms. The molecule has 164 valence electrons. The van der Waals surface area contributed by atoms with Gasteiger partial charge in [-0.1, -0.05) is 26.0 Å². The highest BCUT2D eigenvalue weighted by atomic mass is 19.3. The fraction of sp³-hybridized carbons (Fsp3) is 0.667. The Labute approximate surface area is 172 Å². The van der Waals surface area contributed by atoms with Crippen molar-refractivity contribution in [3.8, 4) is 5.75 Å². The van der Waals surface area contributed by atoms with Gasteiger partial charge in [-0.2, -0.15) is 8.78 Å². The Kier molecular flexibility index (Phi) is 9.60. The Bertz CT molecular complexity index is 626. The number of benzene rings is 1. The van der Waals surface area contributed by atoms with Gasteiger partial charge >= 0.3 is 6.61 Å². The lowest BCUT2D eigenvalue weighted by Crippen LogP contribution is -2.45. The van der Waals surface area contributed by atoms with Crippen LogP contribution in [0, 0.1) is 5.92 Å². The molecule has 0 bridgehead atoms. The average Bonchev–Trinajstić information content (AvgIpc) is 3.10. The van der Waals surface area contributed by atoms with Gasteiger partial charge in [0.25, 0.3) is 0 Å². The van der Waals surface area contributed by atoms with Crippen LogP contribution >= 0.6 is 0 Å². The number of likely N-dealkylation sites (tertiary alicyclic amines) is 1. The van der Waals surface area contributed by atoms with Crippen LogP contribution in [0.3, 0.4) is 0 Å². The molecule has 1 aromatic carbocycles. The predicted molar refractivity (Wildman–Crippen MR) is 111 cm³/mol. The first kappa shape index (κ1) is 23.3. The van der Waals surface area contributed by atoms with Crippen molar-refractivity contribution in [1.82, 2.24) is 15.5 Å². The molecule has 0 spiro atoms. The highest BCUT2D eigenvalue weighted by Gasteiger charge is 2.24. The first-order valence-electron chi connectivity index (χ1n) is 10.4. The monoisotopic (exact) mass is 412 g/mol. The average molecular weight is 413 g/mol. The molecule has 0 aromatic heterocycles.